The first-order valence-electron chi connectivity index (χ1n) is 5.44. The zero-order valence-electron chi connectivity index (χ0n) is 10.2. The number of hydrogen-bond acceptors (Lipinski definition) is 4. The minimum Gasteiger partial charge on any atom is -0.439 e. The Morgan fingerprint density at radius 2 is 1.94 bits per heavy atom. The van der Waals surface area contributed by atoms with E-state index in [0.29, 0.717) is 5.88 Å². The maximum atomic E-state index is 5.74. The number of benzene rings is 1. The molecule has 0 spiro atoms. The monoisotopic (exact) mass is 229 g/mol. The Hall–Kier alpha value is -2.10. The summed E-state index contributed by atoms with van der Waals surface area (Å²) >= 11 is 0. The van der Waals surface area contributed by atoms with Crippen molar-refractivity contribution in [1.29, 1.82) is 0 Å². The number of rotatable bonds is 3. The van der Waals surface area contributed by atoms with Crippen molar-refractivity contribution in [2.75, 3.05) is 12.4 Å². The van der Waals surface area contributed by atoms with Crippen molar-refractivity contribution >= 4 is 5.82 Å². The number of aryl methyl sites for hydroxylation is 2. The lowest BCUT2D eigenvalue weighted by Gasteiger charge is -2.09. The molecule has 0 amide bonds. The van der Waals surface area contributed by atoms with Crippen LogP contribution in [0, 0.1) is 13.8 Å². The Kier molecular flexibility index (Phi) is 3.23. The zero-order valence-corrected chi connectivity index (χ0v) is 10.2. The van der Waals surface area contributed by atoms with Crippen LogP contribution in [0.2, 0.25) is 0 Å². The van der Waals surface area contributed by atoms with Crippen LogP contribution in [0.25, 0.3) is 0 Å². The molecule has 0 saturated carbocycles. The average Bonchev–Trinajstić information content (AvgIpc) is 2.34. The highest BCUT2D eigenvalue weighted by atomic mass is 16.5. The van der Waals surface area contributed by atoms with E-state index in [9.17, 15) is 0 Å². The van der Waals surface area contributed by atoms with Crippen LogP contribution < -0.4 is 10.1 Å². The average molecular weight is 229 g/mol. The summed E-state index contributed by atoms with van der Waals surface area (Å²) < 4.78 is 5.74. The zero-order chi connectivity index (χ0) is 12.3. The molecule has 0 unspecified atom stereocenters. The van der Waals surface area contributed by atoms with Gasteiger partial charge in [-0.1, -0.05) is 12.1 Å². The van der Waals surface area contributed by atoms with E-state index in [4.69, 9.17) is 4.74 Å². The molecular weight excluding hydrogens is 214 g/mol. The maximum Gasteiger partial charge on any atom is 0.224 e. The summed E-state index contributed by atoms with van der Waals surface area (Å²) in [5.74, 6) is 2.10. The molecule has 17 heavy (non-hydrogen) atoms. The molecule has 0 atom stereocenters. The topological polar surface area (TPSA) is 47.0 Å². The van der Waals surface area contributed by atoms with E-state index in [0.717, 1.165) is 22.7 Å². The van der Waals surface area contributed by atoms with Gasteiger partial charge in [-0.25, -0.2) is 9.97 Å². The van der Waals surface area contributed by atoms with Crippen molar-refractivity contribution in [3.05, 3.63) is 41.7 Å². The number of hydrogen-bond donors (Lipinski definition) is 1. The largest absolute Gasteiger partial charge is 0.439 e. The molecule has 1 aromatic carbocycles. The van der Waals surface area contributed by atoms with Gasteiger partial charge in [-0.2, -0.15) is 0 Å². The molecule has 1 heterocycles. The molecule has 4 nitrogen and oxygen atoms in total. The fraction of sp³-hybridized carbons (Fsp3) is 0.231. The lowest BCUT2D eigenvalue weighted by Crippen LogP contribution is -1.96. The number of nitrogens with one attached hydrogen (secondary N) is 1. The quantitative estimate of drug-likeness (QED) is 0.879. The highest BCUT2D eigenvalue weighted by Gasteiger charge is 2.03. The molecule has 0 saturated heterocycles. The molecule has 1 aromatic heterocycles. The standard InChI is InChI=1S/C13H15N3O/c1-9-4-5-10(2)11(6-9)17-13-7-12(14-3)15-8-16-13/h4-8H,1-3H3,(H,14,15,16). The first-order chi connectivity index (χ1) is 8.19. The van der Waals surface area contributed by atoms with Crippen LogP contribution in [0.4, 0.5) is 5.82 Å². The summed E-state index contributed by atoms with van der Waals surface area (Å²) in [5.41, 5.74) is 2.24. The molecule has 0 bridgehead atoms. The Morgan fingerprint density at radius 1 is 1.12 bits per heavy atom. The van der Waals surface area contributed by atoms with Crippen LogP contribution in [-0.4, -0.2) is 17.0 Å². The Morgan fingerprint density at radius 3 is 2.71 bits per heavy atom. The van der Waals surface area contributed by atoms with Crippen LogP contribution in [0.1, 0.15) is 11.1 Å². The van der Waals surface area contributed by atoms with Gasteiger partial charge in [0.15, 0.2) is 0 Å². The van der Waals surface area contributed by atoms with E-state index in [1.165, 1.54) is 6.33 Å². The van der Waals surface area contributed by atoms with Gasteiger partial charge in [-0.3, -0.25) is 0 Å². The minimum atomic E-state index is 0.540. The van der Waals surface area contributed by atoms with Crippen LogP contribution in [0.3, 0.4) is 0 Å². The highest BCUT2D eigenvalue weighted by Crippen LogP contribution is 2.25. The molecule has 2 aromatic rings. The Labute approximate surface area is 101 Å². The molecule has 2 rings (SSSR count). The van der Waals surface area contributed by atoms with Crippen LogP contribution in [0.5, 0.6) is 11.6 Å². The predicted molar refractivity (Wildman–Crippen MR) is 67.6 cm³/mol. The first-order valence-corrected chi connectivity index (χ1v) is 5.44. The Bertz CT molecular complexity index is 526. The minimum absolute atomic E-state index is 0.540. The fourth-order valence-corrected chi connectivity index (χ4v) is 1.46. The van der Waals surface area contributed by atoms with Crippen molar-refractivity contribution in [2.45, 2.75) is 13.8 Å². The molecule has 0 radical (unpaired) electrons. The van der Waals surface area contributed by atoms with Gasteiger partial charge in [0, 0.05) is 13.1 Å². The molecule has 4 heteroatoms. The lowest BCUT2D eigenvalue weighted by molar-refractivity contribution is 0.458. The number of nitrogens with zero attached hydrogens (tertiary/aromatic N) is 2. The summed E-state index contributed by atoms with van der Waals surface area (Å²) in [6.07, 6.45) is 1.48. The molecule has 0 aliphatic heterocycles. The van der Waals surface area contributed by atoms with Crippen molar-refractivity contribution in [1.82, 2.24) is 9.97 Å². The SMILES string of the molecule is CNc1cc(Oc2cc(C)ccc2C)ncn1. The third-order valence-corrected chi connectivity index (χ3v) is 2.46. The van der Waals surface area contributed by atoms with Crippen molar-refractivity contribution in [2.24, 2.45) is 0 Å². The lowest BCUT2D eigenvalue weighted by atomic mass is 10.1. The van der Waals surface area contributed by atoms with Crippen LogP contribution >= 0.6 is 0 Å². The predicted octanol–water partition coefficient (Wildman–Crippen LogP) is 2.93. The summed E-state index contributed by atoms with van der Waals surface area (Å²) in [6, 6.07) is 7.85. The second-order valence-corrected chi connectivity index (χ2v) is 3.86. The van der Waals surface area contributed by atoms with Gasteiger partial charge in [0.2, 0.25) is 5.88 Å². The van der Waals surface area contributed by atoms with Crippen LogP contribution in [-0.2, 0) is 0 Å². The van der Waals surface area contributed by atoms with E-state index < -0.39 is 0 Å². The second kappa shape index (κ2) is 4.82. The van der Waals surface area contributed by atoms with Gasteiger partial charge in [-0.05, 0) is 31.0 Å². The number of aromatic nitrogens is 2. The summed E-state index contributed by atoms with van der Waals surface area (Å²) in [5, 5.41) is 2.95. The highest BCUT2D eigenvalue weighted by molar-refractivity contribution is 5.41. The van der Waals surface area contributed by atoms with E-state index in [-0.39, 0.29) is 0 Å². The Balaban J connectivity index is 2.27. The van der Waals surface area contributed by atoms with Crippen molar-refractivity contribution in [3.63, 3.8) is 0 Å². The summed E-state index contributed by atoms with van der Waals surface area (Å²) in [7, 11) is 1.81. The molecule has 1 N–H and O–H groups in total. The van der Waals surface area contributed by atoms with E-state index in [1.807, 2.05) is 33.0 Å². The van der Waals surface area contributed by atoms with E-state index in [2.05, 4.69) is 21.4 Å². The van der Waals surface area contributed by atoms with Gasteiger partial charge >= 0.3 is 0 Å². The van der Waals surface area contributed by atoms with Crippen molar-refractivity contribution in [3.8, 4) is 11.6 Å². The first kappa shape index (κ1) is 11.4. The second-order valence-electron chi connectivity index (χ2n) is 3.86. The van der Waals surface area contributed by atoms with Gasteiger partial charge < -0.3 is 10.1 Å². The normalized spacial score (nSPS) is 10.1. The molecular formula is C13H15N3O. The maximum absolute atomic E-state index is 5.74. The van der Waals surface area contributed by atoms with Gasteiger partial charge in [-0.15, -0.1) is 0 Å². The fourth-order valence-electron chi connectivity index (χ4n) is 1.46. The molecule has 0 fully saturated rings. The molecule has 88 valence electrons. The third kappa shape index (κ3) is 2.72. The van der Waals surface area contributed by atoms with E-state index >= 15 is 0 Å². The van der Waals surface area contributed by atoms with E-state index in [1.54, 1.807) is 6.07 Å². The van der Waals surface area contributed by atoms with Gasteiger partial charge in [0.1, 0.15) is 17.9 Å². The number of anilines is 1. The third-order valence-electron chi connectivity index (χ3n) is 2.46. The summed E-state index contributed by atoms with van der Waals surface area (Å²) in [4.78, 5) is 8.12. The molecule has 0 aliphatic rings. The summed E-state index contributed by atoms with van der Waals surface area (Å²) in [6.45, 7) is 4.04. The smallest absolute Gasteiger partial charge is 0.224 e. The molecule has 0 aliphatic carbocycles. The van der Waals surface area contributed by atoms with Crippen molar-refractivity contribution < 1.29 is 4.74 Å². The number of ether oxygens (including phenoxy) is 1. The van der Waals surface area contributed by atoms with Crippen LogP contribution in [0.15, 0.2) is 30.6 Å². The van der Waals surface area contributed by atoms with Gasteiger partial charge in [0.05, 0.1) is 0 Å². The van der Waals surface area contributed by atoms with Gasteiger partial charge in [0.25, 0.3) is 0 Å².